The molecule has 0 fully saturated rings. The molecule has 1 N–H and O–H groups in total. The van der Waals surface area contributed by atoms with Crippen LogP contribution in [0.4, 0.5) is 4.39 Å². The third kappa shape index (κ3) is 5.29. The number of hydrogen-bond donors (Lipinski definition) is 1. The van der Waals surface area contributed by atoms with E-state index in [0.29, 0.717) is 12.2 Å². The summed E-state index contributed by atoms with van der Waals surface area (Å²) in [5.74, 6) is -0.286. The quantitative estimate of drug-likeness (QED) is 0.801. The summed E-state index contributed by atoms with van der Waals surface area (Å²) in [4.78, 5) is 12.6. The Balaban J connectivity index is 2.04. The van der Waals surface area contributed by atoms with Crippen molar-refractivity contribution in [1.82, 2.24) is 5.32 Å². The van der Waals surface area contributed by atoms with Gasteiger partial charge in [0.15, 0.2) is 15.9 Å². The van der Waals surface area contributed by atoms with E-state index in [1.807, 2.05) is 6.92 Å². The van der Waals surface area contributed by atoms with Gasteiger partial charge in [0.25, 0.3) is 5.91 Å². The van der Waals surface area contributed by atoms with Gasteiger partial charge in [0.05, 0.1) is 10.9 Å². The van der Waals surface area contributed by atoms with Crippen LogP contribution in [0, 0.1) is 5.82 Å². The number of carbonyl (C=O) groups excluding carboxylic acids is 1. The number of amides is 1. The second kappa shape index (κ2) is 8.31. The van der Waals surface area contributed by atoms with Gasteiger partial charge in [-0.2, -0.15) is 0 Å². The van der Waals surface area contributed by atoms with Gasteiger partial charge in [0.2, 0.25) is 0 Å². The molecule has 0 bridgehead atoms. The van der Waals surface area contributed by atoms with Crippen LogP contribution in [0.3, 0.4) is 0 Å². The van der Waals surface area contributed by atoms with E-state index < -0.39 is 15.9 Å². The lowest BCUT2D eigenvalue weighted by Gasteiger charge is -2.21. The van der Waals surface area contributed by atoms with Gasteiger partial charge in [-0.15, -0.1) is 0 Å². The van der Waals surface area contributed by atoms with E-state index >= 15 is 0 Å². The highest BCUT2D eigenvalue weighted by atomic mass is 32.2. The largest absolute Gasteiger partial charge is 0.481 e. The highest BCUT2D eigenvalue weighted by molar-refractivity contribution is 7.90. The van der Waals surface area contributed by atoms with Crippen LogP contribution in [0.5, 0.6) is 5.75 Å². The Hall–Kier alpha value is -2.41. The number of ether oxygens (including phenoxy) is 1. The zero-order chi connectivity index (χ0) is 19.3. The molecule has 2 aromatic carbocycles. The maximum atomic E-state index is 12.9. The Morgan fingerprint density at radius 1 is 1.12 bits per heavy atom. The van der Waals surface area contributed by atoms with Crippen LogP contribution in [-0.2, 0) is 14.6 Å². The maximum absolute atomic E-state index is 12.9. The summed E-state index contributed by atoms with van der Waals surface area (Å²) in [7, 11) is -3.26. The monoisotopic (exact) mass is 379 g/mol. The van der Waals surface area contributed by atoms with Crippen LogP contribution in [0.1, 0.15) is 31.9 Å². The third-order valence-electron chi connectivity index (χ3n) is 3.93. The molecule has 0 saturated carbocycles. The zero-order valence-electron chi connectivity index (χ0n) is 14.9. The van der Waals surface area contributed by atoms with Gasteiger partial charge in [-0.05, 0) is 55.3 Å². The van der Waals surface area contributed by atoms with Gasteiger partial charge >= 0.3 is 0 Å². The predicted octanol–water partition coefficient (Wildman–Crippen LogP) is 3.26. The van der Waals surface area contributed by atoms with E-state index in [1.165, 1.54) is 36.4 Å². The minimum atomic E-state index is -3.26. The standard InChI is InChI=1S/C19H22FNO4S/c1-4-18(14-5-11-17(12-6-14)26(3,23)24)21-19(22)13(2)25-16-9-7-15(20)8-10-16/h5-13,18H,4H2,1-3H3,(H,21,22)/t13-,18+/m0/s1. The van der Waals surface area contributed by atoms with Crippen LogP contribution in [0.15, 0.2) is 53.4 Å². The van der Waals surface area contributed by atoms with E-state index in [0.717, 1.165) is 11.8 Å². The van der Waals surface area contributed by atoms with Gasteiger partial charge < -0.3 is 10.1 Å². The van der Waals surface area contributed by atoms with Crippen molar-refractivity contribution in [3.63, 3.8) is 0 Å². The molecule has 0 spiro atoms. The Bertz CT molecular complexity index is 848. The molecule has 1 amide bonds. The van der Waals surface area contributed by atoms with Crippen molar-refractivity contribution in [2.75, 3.05) is 6.26 Å². The van der Waals surface area contributed by atoms with Gasteiger partial charge in [-0.1, -0.05) is 19.1 Å². The third-order valence-corrected chi connectivity index (χ3v) is 5.06. The summed E-state index contributed by atoms with van der Waals surface area (Å²) >= 11 is 0. The van der Waals surface area contributed by atoms with Crippen LogP contribution in [0.2, 0.25) is 0 Å². The molecule has 7 heteroatoms. The summed E-state index contributed by atoms with van der Waals surface area (Å²) in [6, 6.07) is 11.6. The fourth-order valence-electron chi connectivity index (χ4n) is 2.43. The molecular formula is C19H22FNO4S. The molecule has 0 aliphatic heterocycles. The van der Waals surface area contributed by atoms with Crippen molar-refractivity contribution in [2.24, 2.45) is 0 Å². The molecule has 0 aromatic heterocycles. The number of benzene rings is 2. The summed E-state index contributed by atoms with van der Waals surface area (Å²) in [6.45, 7) is 3.53. The van der Waals surface area contributed by atoms with Gasteiger partial charge in [-0.3, -0.25) is 4.79 Å². The first-order chi connectivity index (χ1) is 12.2. The summed E-state index contributed by atoms with van der Waals surface area (Å²) in [6.07, 6.45) is 1.02. The number of sulfone groups is 1. The Morgan fingerprint density at radius 2 is 1.69 bits per heavy atom. The van der Waals surface area contributed by atoms with Crippen LogP contribution in [0.25, 0.3) is 0 Å². The Morgan fingerprint density at radius 3 is 2.19 bits per heavy atom. The Labute approximate surface area is 153 Å². The lowest BCUT2D eigenvalue weighted by atomic mass is 10.0. The Kier molecular flexibility index (Phi) is 6.37. The molecule has 26 heavy (non-hydrogen) atoms. The molecule has 5 nitrogen and oxygen atoms in total. The molecule has 0 heterocycles. The fourth-order valence-corrected chi connectivity index (χ4v) is 3.06. The number of nitrogens with one attached hydrogen (secondary N) is 1. The highest BCUT2D eigenvalue weighted by Gasteiger charge is 2.20. The molecule has 140 valence electrons. The van der Waals surface area contributed by atoms with Crippen molar-refractivity contribution >= 4 is 15.7 Å². The van der Waals surface area contributed by atoms with Crippen molar-refractivity contribution in [3.8, 4) is 5.75 Å². The average molecular weight is 379 g/mol. The summed E-state index contributed by atoms with van der Waals surface area (Å²) < 4.78 is 41.5. The average Bonchev–Trinajstić information content (AvgIpc) is 2.60. The van der Waals surface area contributed by atoms with Crippen molar-refractivity contribution < 1.29 is 22.3 Å². The topological polar surface area (TPSA) is 72.5 Å². The minimum Gasteiger partial charge on any atom is -0.481 e. The van der Waals surface area contributed by atoms with E-state index in [2.05, 4.69) is 5.32 Å². The SMILES string of the molecule is CC[C@@H](NC(=O)[C@H](C)Oc1ccc(F)cc1)c1ccc(S(C)(=O)=O)cc1. The van der Waals surface area contributed by atoms with E-state index in [1.54, 1.807) is 19.1 Å². The first-order valence-corrected chi connectivity index (χ1v) is 10.1. The molecule has 0 unspecified atom stereocenters. The van der Waals surface area contributed by atoms with Crippen LogP contribution < -0.4 is 10.1 Å². The molecule has 0 aliphatic rings. The summed E-state index contributed by atoms with van der Waals surface area (Å²) in [5.41, 5.74) is 0.808. The number of rotatable bonds is 7. The number of carbonyl (C=O) groups is 1. The molecule has 0 radical (unpaired) electrons. The second-order valence-corrected chi connectivity index (χ2v) is 8.04. The smallest absolute Gasteiger partial charge is 0.261 e. The molecule has 0 saturated heterocycles. The van der Waals surface area contributed by atoms with Crippen molar-refractivity contribution in [1.29, 1.82) is 0 Å². The fraction of sp³-hybridized carbons (Fsp3) is 0.316. The van der Waals surface area contributed by atoms with E-state index in [4.69, 9.17) is 4.74 Å². The first-order valence-electron chi connectivity index (χ1n) is 8.23. The molecule has 2 aromatic rings. The zero-order valence-corrected chi connectivity index (χ0v) is 15.7. The molecular weight excluding hydrogens is 357 g/mol. The molecule has 2 atom stereocenters. The highest BCUT2D eigenvalue weighted by Crippen LogP contribution is 2.20. The minimum absolute atomic E-state index is 0.232. The summed E-state index contributed by atoms with van der Waals surface area (Å²) in [5, 5.41) is 2.89. The maximum Gasteiger partial charge on any atom is 0.261 e. The molecule has 0 aliphatic carbocycles. The van der Waals surface area contributed by atoms with Gasteiger partial charge in [0, 0.05) is 6.26 Å². The predicted molar refractivity (Wildman–Crippen MR) is 97.2 cm³/mol. The lowest BCUT2D eigenvalue weighted by Crippen LogP contribution is -2.38. The first kappa shape index (κ1) is 19.9. The molecule has 2 rings (SSSR count). The van der Waals surface area contributed by atoms with Crippen molar-refractivity contribution in [3.05, 3.63) is 59.9 Å². The van der Waals surface area contributed by atoms with E-state index in [-0.39, 0.29) is 22.7 Å². The van der Waals surface area contributed by atoms with Gasteiger partial charge in [0.1, 0.15) is 11.6 Å². The lowest BCUT2D eigenvalue weighted by molar-refractivity contribution is -0.128. The van der Waals surface area contributed by atoms with Crippen LogP contribution in [-0.4, -0.2) is 26.7 Å². The second-order valence-electron chi connectivity index (χ2n) is 6.02. The normalized spacial score (nSPS) is 13.7. The number of halogens is 1. The number of hydrogen-bond acceptors (Lipinski definition) is 4. The van der Waals surface area contributed by atoms with Gasteiger partial charge in [-0.25, -0.2) is 12.8 Å². The van der Waals surface area contributed by atoms with E-state index in [9.17, 15) is 17.6 Å². The van der Waals surface area contributed by atoms with Crippen molar-refractivity contribution in [2.45, 2.75) is 37.3 Å². The van der Waals surface area contributed by atoms with Crippen LogP contribution >= 0.6 is 0 Å².